The van der Waals surface area contributed by atoms with E-state index in [4.69, 9.17) is 0 Å². The molecule has 1 N–H and O–H groups in total. The van der Waals surface area contributed by atoms with Gasteiger partial charge in [-0.1, -0.05) is 37.5 Å². The van der Waals surface area contributed by atoms with E-state index in [-0.39, 0.29) is 11.4 Å². The number of nitrogens with zero attached hydrogens (tertiary/aromatic N) is 2. The highest BCUT2D eigenvalue weighted by molar-refractivity contribution is 5.91. The van der Waals surface area contributed by atoms with Crippen LogP contribution in [0.4, 0.5) is 10.5 Å². The first kappa shape index (κ1) is 17.4. The molecule has 5 heteroatoms. The summed E-state index contributed by atoms with van der Waals surface area (Å²) in [6.07, 6.45) is 8.88. The maximum atomic E-state index is 13.3. The molecule has 1 spiro atoms. The third-order valence-electron chi connectivity index (χ3n) is 6.45. The molecule has 2 aliphatic heterocycles. The zero-order valence-corrected chi connectivity index (χ0v) is 15.5. The predicted octanol–water partition coefficient (Wildman–Crippen LogP) is 3.87. The van der Waals surface area contributed by atoms with Gasteiger partial charge in [-0.2, -0.15) is 0 Å². The Bertz CT molecular complexity index is 656. The molecule has 0 radical (unpaired) electrons. The van der Waals surface area contributed by atoms with Crippen molar-refractivity contribution in [1.82, 2.24) is 9.80 Å². The minimum Gasteiger partial charge on any atom is -0.339 e. The van der Waals surface area contributed by atoms with Crippen LogP contribution in [-0.2, 0) is 4.79 Å². The van der Waals surface area contributed by atoms with Crippen LogP contribution in [-0.4, -0.2) is 47.4 Å². The second-order valence-electron chi connectivity index (χ2n) is 8.14. The van der Waals surface area contributed by atoms with Gasteiger partial charge in [-0.3, -0.25) is 4.79 Å². The molecule has 140 valence electrons. The summed E-state index contributed by atoms with van der Waals surface area (Å²) < 4.78 is 0. The molecule has 5 nitrogen and oxygen atoms in total. The van der Waals surface area contributed by atoms with Gasteiger partial charge in [0.05, 0.1) is 5.41 Å². The molecule has 3 amide bonds. The molecule has 1 aromatic rings. The lowest BCUT2D eigenvalue weighted by atomic mass is 9.77. The van der Waals surface area contributed by atoms with Crippen LogP contribution in [0, 0.1) is 5.41 Å². The Labute approximate surface area is 155 Å². The van der Waals surface area contributed by atoms with E-state index < -0.39 is 0 Å². The van der Waals surface area contributed by atoms with E-state index in [0.29, 0.717) is 25.0 Å². The summed E-state index contributed by atoms with van der Waals surface area (Å²) in [5.74, 6) is 0.311. The van der Waals surface area contributed by atoms with Crippen LogP contribution in [0.15, 0.2) is 30.3 Å². The zero-order valence-electron chi connectivity index (χ0n) is 15.5. The maximum absolute atomic E-state index is 13.3. The first-order valence-corrected chi connectivity index (χ1v) is 10.1. The van der Waals surface area contributed by atoms with Gasteiger partial charge >= 0.3 is 6.03 Å². The molecule has 3 aliphatic rings. The molecule has 1 atom stereocenters. The monoisotopic (exact) mass is 355 g/mol. The van der Waals surface area contributed by atoms with Gasteiger partial charge < -0.3 is 15.1 Å². The minimum atomic E-state index is -0.344. The normalized spacial score (nSPS) is 27.2. The smallest absolute Gasteiger partial charge is 0.321 e. The molecule has 26 heavy (non-hydrogen) atoms. The topological polar surface area (TPSA) is 52.7 Å². The minimum absolute atomic E-state index is 0.0873. The van der Waals surface area contributed by atoms with E-state index in [2.05, 4.69) is 10.2 Å². The lowest BCUT2D eigenvalue weighted by Gasteiger charge is -2.44. The Morgan fingerprint density at radius 1 is 1.00 bits per heavy atom. The lowest BCUT2D eigenvalue weighted by molar-refractivity contribution is -0.149. The third kappa shape index (κ3) is 3.31. The van der Waals surface area contributed by atoms with Crippen molar-refractivity contribution in [3.8, 4) is 0 Å². The summed E-state index contributed by atoms with van der Waals surface area (Å²) in [4.78, 5) is 30.0. The number of para-hydroxylation sites is 1. The highest BCUT2D eigenvalue weighted by atomic mass is 16.2. The van der Waals surface area contributed by atoms with Crippen LogP contribution in [0.1, 0.15) is 51.4 Å². The fourth-order valence-electron chi connectivity index (χ4n) is 4.99. The van der Waals surface area contributed by atoms with Gasteiger partial charge in [-0.05, 0) is 44.2 Å². The van der Waals surface area contributed by atoms with Crippen LogP contribution < -0.4 is 5.32 Å². The third-order valence-corrected chi connectivity index (χ3v) is 6.45. The summed E-state index contributed by atoms with van der Waals surface area (Å²) in [6, 6.07) is 9.87. The molecule has 1 aromatic carbocycles. The molecule has 1 aliphatic carbocycles. The molecule has 3 fully saturated rings. The van der Waals surface area contributed by atoms with Crippen molar-refractivity contribution in [3.63, 3.8) is 0 Å². The van der Waals surface area contributed by atoms with E-state index in [0.717, 1.165) is 44.3 Å². The molecule has 0 unspecified atom stereocenters. The van der Waals surface area contributed by atoms with Crippen molar-refractivity contribution in [2.75, 3.05) is 25.0 Å². The van der Waals surface area contributed by atoms with E-state index in [1.807, 2.05) is 35.2 Å². The number of carbonyl (C=O) groups excluding carboxylic acids is 2. The number of carbonyl (C=O) groups is 2. The number of urea groups is 1. The Morgan fingerprint density at radius 3 is 2.54 bits per heavy atom. The average molecular weight is 355 g/mol. The average Bonchev–Trinajstić information content (AvgIpc) is 3.11. The molecule has 0 aromatic heterocycles. The summed E-state index contributed by atoms with van der Waals surface area (Å²) in [6.45, 7) is 2.14. The van der Waals surface area contributed by atoms with Crippen LogP contribution in [0.25, 0.3) is 0 Å². The van der Waals surface area contributed by atoms with Gasteiger partial charge in [0.2, 0.25) is 5.91 Å². The summed E-state index contributed by atoms with van der Waals surface area (Å²) in [5.41, 5.74) is 0.459. The largest absolute Gasteiger partial charge is 0.339 e. The van der Waals surface area contributed by atoms with Gasteiger partial charge in [0, 0.05) is 31.4 Å². The van der Waals surface area contributed by atoms with Gasteiger partial charge in [0.1, 0.15) is 0 Å². The van der Waals surface area contributed by atoms with E-state index >= 15 is 0 Å². The first-order chi connectivity index (χ1) is 12.7. The van der Waals surface area contributed by atoms with E-state index in [9.17, 15) is 9.59 Å². The first-order valence-electron chi connectivity index (χ1n) is 10.1. The maximum Gasteiger partial charge on any atom is 0.321 e. The Balaban J connectivity index is 1.42. The predicted molar refractivity (Wildman–Crippen MR) is 102 cm³/mol. The van der Waals surface area contributed by atoms with Gasteiger partial charge in [0.15, 0.2) is 0 Å². The van der Waals surface area contributed by atoms with Crippen molar-refractivity contribution in [2.45, 2.75) is 57.4 Å². The number of rotatable bonds is 2. The van der Waals surface area contributed by atoms with Crippen molar-refractivity contribution in [3.05, 3.63) is 30.3 Å². The van der Waals surface area contributed by atoms with Gasteiger partial charge in [-0.15, -0.1) is 0 Å². The van der Waals surface area contributed by atoms with Crippen LogP contribution >= 0.6 is 0 Å². The van der Waals surface area contributed by atoms with E-state index in [1.165, 1.54) is 19.3 Å². The van der Waals surface area contributed by atoms with Crippen LogP contribution in [0.2, 0.25) is 0 Å². The molecule has 2 saturated heterocycles. The van der Waals surface area contributed by atoms with Crippen LogP contribution in [0.3, 0.4) is 0 Å². The highest BCUT2D eigenvalue weighted by Crippen LogP contribution is 2.42. The van der Waals surface area contributed by atoms with Crippen LogP contribution in [0.5, 0.6) is 0 Å². The standard InChI is InChI=1S/C21H29N3O2/c25-19-21(12-7-14-24(19)18-10-5-2-6-11-18)13-15-23(16-21)20(26)22-17-8-3-1-4-9-17/h1,3-4,8-9,18H,2,5-7,10-16H2,(H,22,26)/t21-/m0/s1. The second kappa shape index (κ2) is 7.29. The Hall–Kier alpha value is -2.04. The summed E-state index contributed by atoms with van der Waals surface area (Å²) in [5, 5.41) is 2.96. The number of anilines is 1. The van der Waals surface area contributed by atoms with Gasteiger partial charge in [-0.25, -0.2) is 4.79 Å². The second-order valence-corrected chi connectivity index (χ2v) is 8.14. The fraction of sp³-hybridized carbons (Fsp3) is 0.619. The van der Waals surface area contributed by atoms with Crippen molar-refractivity contribution in [2.24, 2.45) is 5.41 Å². The SMILES string of the molecule is O=C(Nc1ccccc1)N1CC[C@@]2(CCCN(C3CCCCC3)C2=O)C1. The van der Waals surface area contributed by atoms with Crippen molar-refractivity contribution in [1.29, 1.82) is 0 Å². The number of benzene rings is 1. The zero-order chi connectivity index (χ0) is 18.0. The van der Waals surface area contributed by atoms with Crippen molar-refractivity contribution >= 4 is 17.6 Å². The Morgan fingerprint density at radius 2 is 1.77 bits per heavy atom. The highest BCUT2D eigenvalue weighted by Gasteiger charge is 2.50. The number of likely N-dealkylation sites (tertiary alicyclic amines) is 2. The quantitative estimate of drug-likeness (QED) is 0.876. The lowest BCUT2D eigenvalue weighted by Crippen LogP contribution is -2.54. The number of nitrogens with one attached hydrogen (secondary N) is 1. The number of amides is 3. The molecule has 0 bridgehead atoms. The molecular weight excluding hydrogens is 326 g/mol. The number of hydrogen-bond acceptors (Lipinski definition) is 2. The van der Waals surface area contributed by atoms with Gasteiger partial charge in [0.25, 0.3) is 0 Å². The molecule has 2 heterocycles. The summed E-state index contributed by atoms with van der Waals surface area (Å²) >= 11 is 0. The number of piperidine rings is 1. The van der Waals surface area contributed by atoms with Crippen molar-refractivity contribution < 1.29 is 9.59 Å². The van der Waals surface area contributed by atoms with E-state index in [1.54, 1.807) is 0 Å². The Kier molecular flexibility index (Phi) is 4.88. The molecule has 1 saturated carbocycles. The molecular formula is C21H29N3O2. The fourth-order valence-corrected chi connectivity index (χ4v) is 4.99. The molecule has 4 rings (SSSR count). The summed E-state index contributed by atoms with van der Waals surface area (Å²) in [7, 11) is 0. The number of hydrogen-bond donors (Lipinski definition) is 1.